The minimum atomic E-state index is -1.17. The zero-order valence-corrected chi connectivity index (χ0v) is 11.8. The Bertz CT molecular complexity index is 684. The molecule has 0 fully saturated rings. The summed E-state index contributed by atoms with van der Waals surface area (Å²) in [6.45, 7) is 4.97. The lowest BCUT2D eigenvalue weighted by atomic mass is 10.0. The van der Waals surface area contributed by atoms with Crippen LogP contribution in [0, 0.1) is 5.92 Å². The minimum Gasteiger partial charge on any atom is -0.477 e. The van der Waals surface area contributed by atoms with Gasteiger partial charge in [0.05, 0.1) is 5.52 Å². The maximum atomic E-state index is 12.2. The van der Waals surface area contributed by atoms with E-state index in [1.54, 1.807) is 12.1 Å². The van der Waals surface area contributed by atoms with Gasteiger partial charge in [-0.25, -0.2) is 4.79 Å². The van der Waals surface area contributed by atoms with Gasteiger partial charge in [-0.1, -0.05) is 38.8 Å². The molecule has 2 aromatic rings. The van der Waals surface area contributed by atoms with Crippen LogP contribution in [0.4, 0.5) is 0 Å². The monoisotopic (exact) mass is 273 g/mol. The van der Waals surface area contributed by atoms with E-state index in [2.05, 4.69) is 13.8 Å². The van der Waals surface area contributed by atoms with Gasteiger partial charge in [0.2, 0.25) is 5.43 Å². The van der Waals surface area contributed by atoms with Crippen LogP contribution in [0.25, 0.3) is 10.9 Å². The van der Waals surface area contributed by atoms with Crippen molar-refractivity contribution < 1.29 is 9.90 Å². The normalized spacial score (nSPS) is 11.2. The topological polar surface area (TPSA) is 59.3 Å². The predicted molar refractivity (Wildman–Crippen MR) is 79.2 cm³/mol. The maximum absolute atomic E-state index is 12.2. The quantitative estimate of drug-likeness (QED) is 0.910. The summed E-state index contributed by atoms with van der Waals surface area (Å²) in [4.78, 5) is 23.4. The van der Waals surface area contributed by atoms with Crippen molar-refractivity contribution in [3.05, 3.63) is 46.2 Å². The molecule has 0 saturated carbocycles. The van der Waals surface area contributed by atoms with Gasteiger partial charge >= 0.3 is 5.97 Å². The molecule has 0 saturated heterocycles. The Kier molecular flexibility index (Phi) is 4.23. The summed E-state index contributed by atoms with van der Waals surface area (Å²) >= 11 is 0. The zero-order valence-electron chi connectivity index (χ0n) is 11.8. The van der Waals surface area contributed by atoms with Crippen molar-refractivity contribution in [3.63, 3.8) is 0 Å². The Balaban J connectivity index is 2.66. The average Bonchev–Trinajstić information content (AvgIpc) is 2.46. The number of benzene rings is 1. The van der Waals surface area contributed by atoms with Crippen molar-refractivity contribution in [1.29, 1.82) is 0 Å². The fourth-order valence-corrected chi connectivity index (χ4v) is 2.47. The molecule has 0 aliphatic carbocycles. The number of hydrogen-bond donors (Lipinski definition) is 1. The number of para-hydroxylation sites is 1. The molecule has 1 aromatic heterocycles. The molecule has 0 atom stereocenters. The van der Waals surface area contributed by atoms with Crippen molar-refractivity contribution in [2.75, 3.05) is 0 Å². The Morgan fingerprint density at radius 1 is 1.25 bits per heavy atom. The van der Waals surface area contributed by atoms with Crippen molar-refractivity contribution >= 4 is 16.9 Å². The molecule has 0 amide bonds. The first kappa shape index (κ1) is 14.3. The van der Waals surface area contributed by atoms with E-state index in [0.29, 0.717) is 11.3 Å². The highest BCUT2D eigenvalue weighted by molar-refractivity contribution is 5.92. The molecular weight excluding hydrogens is 254 g/mol. The summed E-state index contributed by atoms with van der Waals surface area (Å²) in [6, 6.07) is 7.18. The Morgan fingerprint density at radius 3 is 2.50 bits per heavy atom. The Labute approximate surface area is 117 Å². The molecular formula is C16H19NO3. The molecule has 2 rings (SSSR count). The van der Waals surface area contributed by atoms with E-state index < -0.39 is 11.4 Å². The number of hydrogen-bond acceptors (Lipinski definition) is 2. The first-order chi connectivity index (χ1) is 9.58. The van der Waals surface area contributed by atoms with Gasteiger partial charge in [-0.2, -0.15) is 0 Å². The van der Waals surface area contributed by atoms with Gasteiger partial charge in [-0.05, 0) is 18.1 Å². The molecule has 0 spiro atoms. The standard InChI is InChI=1S/C16H19NO3/c1-3-11(4-2)9-17-10-13(16(19)20)15(18)12-7-5-6-8-14(12)17/h5-8,10-11H,3-4,9H2,1-2H3,(H,19,20). The highest BCUT2D eigenvalue weighted by atomic mass is 16.4. The molecule has 20 heavy (non-hydrogen) atoms. The van der Waals surface area contributed by atoms with Gasteiger partial charge in [0.1, 0.15) is 5.56 Å². The number of carboxylic acids is 1. The van der Waals surface area contributed by atoms with Gasteiger partial charge in [-0.3, -0.25) is 4.79 Å². The van der Waals surface area contributed by atoms with Crippen LogP contribution in [0.15, 0.2) is 35.3 Å². The summed E-state index contributed by atoms with van der Waals surface area (Å²) < 4.78 is 1.90. The highest BCUT2D eigenvalue weighted by Gasteiger charge is 2.15. The molecule has 0 radical (unpaired) electrons. The largest absolute Gasteiger partial charge is 0.477 e. The summed E-state index contributed by atoms with van der Waals surface area (Å²) in [5.41, 5.74) is 0.234. The molecule has 0 aliphatic rings. The zero-order chi connectivity index (χ0) is 14.7. The maximum Gasteiger partial charge on any atom is 0.341 e. The molecule has 4 heteroatoms. The van der Waals surface area contributed by atoms with E-state index in [4.69, 9.17) is 0 Å². The van der Waals surface area contributed by atoms with Crippen molar-refractivity contribution in [2.45, 2.75) is 33.2 Å². The SMILES string of the molecule is CCC(CC)Cn1cc(C(=O)O)c(=O)c2ccccc21. The third kappa shape index (κ3) is 2.59. The number of carbonyl (C=O) groups is 1. The van der Waals surface area contributed by atoms with Crippen molar-refractivity contribution in [1.82, 2.24) is 4.57 Å². The fourth-order valence-electron chi connectivity index (χ4n) is 2.47. The predicted octanol–water partition coefficient (Wildman–Crippen LogP) is 3.14. The molecule has 0 aliphatic heterocycles. The second-order valence-electron chi connectivity index (χ2n) is 5.03. The van der Waals surface area contributed by atoms with Gasteiger partial charge < -0.3 is 9.67 Å². The highest BCUT2D eigenvalue weighted by Crippen LogP contribution is 2.17. The average molecular weight is 273 g/mol. The molecule has 1 N–H and O–H groups in total. The third-order valence-corrected chi connectivity index (χ3v) is 3.83. The second-order valence-corrected chi connectivity index (χ2v) is 5.03. The molecule has 106 valence electrons. The molecule has 0 bridgehead atoms. The van der Waals surface area contributed by atoms with Gasteiger partial charge in [0, 0.05) is 18.1 Å². The van der Waals surface area contributed by atoms with Crippen LogP contribution >= 0.6 is 0 Å². The van der Waals surface area contributed by atoms with Crippen LogP contribution in [0.3, 0.4) is 0 Å². The van der Waals surface area contributed by atoms with Crippen LogP contribution in [0.1, 0.15) is 37.0 Å². The molecule has 1 aromatic carbocycles. The Hall–Kier alpha value is -2.10. The van der Waals surface area contributed by atoms with Gasteiger partial charge in [-0.15, -0.1) is 0 Å². The smallest absolute Gasteiger partial charge is 0.341 e. The van der Waals surface area contributed by atoms with Gasteiger partial charge in [0.15, 0.2) is 0 Å². The number of aromatic carboxylic acids is 1. The number of pyridine rings is 1. The number of aromatic nitrogens is 1. The minimum absolute atomic E-state index is 0.158. The first-order valence-electron chi connectivity index (χ1n) is 6.93. The molecule has 0 unspecified atom stereocenters. The van der Waals surface area contributed by atoms with Crippen molar-refractivity contribution in [2.24, 2.45) is 5.92 Å². The lowest BCUT2D eigenvalue weighted by molar-refractivity contribution is 0.0694. The first-order valence-corrected chi connectivity index (χ1v) is 6.93. The molecule has 1 heterocycles. The van der Waals surface area contributed by atoms with E-state index in [1.807, 2.05) is 16.7 Å². The van der Waals surface area contributed by atoms with Crippen molar-refractivity contribution in [3.8, 4) is 0 Å². The summed E-state index contributed by atoms with van der Waals surface area (Å²) in [5.74, 6) is -0.693. The number of rotatable bonds is 5. The van der Waals surface area contributed by atoms with Gasteiger partial charge in [0.25, 0.3) is 0 Å². The fraction of sp³-hybridized carbons (Fsp3) is 0.375. The van der Waals surface area contributed by atoms with Crippen LogP contribution < -0.4 is 5.43 Å². The Morgan fingerprint density at radius 2 is 1.90 bits per heavy atom. The number of carboxylic acid groups (broad SMARTS) is 1. The van der Waals surface area contributed by atoms with E-state index >= 15 is 0 Å². The summed E-state index contributed by atoms with van der Waals surface area (Å²) in [6.07, 6.45) is 3.53. The number of nitrogens with zero attached hydrogens (tertiary/aromatic N) is 1. The van der Waals surface area contributed by atoms with E-state index in [0.717, 1.165) is 24.9 Å². The number of fused-ring (bicyclic) bond motifs is 1. The summed E-state index contributed by atoms with van der Waals surface area (Å²) in [7, 11) is 0. The van der Waals surface area contributed by atoms with E-state index in [1.165, 1.54) is 6.20 Å². The second kappa shape index (κ2) is 5.90. The van der Waals surface area contributed by atoms with Crippen LogP contribution in [-0.4, -0.2) is 15.6 Å². The lowest BCUT2D eigenvalue weighted by Gasteiger charge is -2.18. The third-order valence-electron chi connectivity index (χ3n) is 3.83. The van der Waals surface area contributed by atoms with E-state index in [9.17, 15) is 14.7 Å². The van der Waals surface area contributed by atoms with Crippen LogP contribution in [0.2, 0.25) is 0 Å². The lowest BCUT2D eigenvalue weighted by Crippen LogP contribution is -2.20. The summed E-state index contributed by atoms with van der Waals surface area (Å²) in [5, 5.41) is 9.66. The van der Waals surface area contributed by atoms with Crippen LogP contribution in [0.5, 0.6) is 0 Å². The van der Waals surface area contributed by atoms with E-state index in [-0.39, 0.29) is 5.56 Å². The van der Waals surface area contributed by atoms with Crippen LogP contribution in [-0.2, 0) is 6.54 Å². The molecule has 4 nitrogen and oxygen atoms in total.